The van der Waals surface area contributed by atoms with E-state index in [0.717, 1.165) is 37.5 Å². The third-order valence-corrected chi connectivity index (χ3v) is 6.72. The van der Waals surface area contributed by atoms with Crippen LogP contribution in [0.3, 0.4) is 0 Å². The van der Waals surface area contributed by atoms with E-state index in [0.29, 0.717) is 43.1 Å². The van der Waals surface area contributed by atoms with Crippen LogP contribution in [0.2, 0.25) is 0 Å². The third kappa shape index (κ3) is 5.02. The first-order chi connectivity index (χ1) is 15.4. The number of benzene rings is 2. The molecular weight excluding hydrogens is 417 g/mol. The molecule has 0 spiro atoms. The van der Waals surface area contributed by atoms with Crippen LogP contribution in [0.25, 0.3) is 0 Å². The molecule has 0 aromatic heterocycles. The average molecular weight is 444 g/mol. The van der Waals surface area contributed by atoms with Gasteiger partial charge in [-0.25, -0.2) is 0 Å². The molecule has 0 radical (unpaired) electrons. The van der Waals surface area contributed by atoms with Crippen LogP contribution >= 0.6 is 0 Å². The molecule has 2 aliphatic rings. The fourth-order valence-electron chi connectivity index (χ4n) is 4.74. The highest BCUT2D eigenvalue weighted by atomic mass is 19.4. The number of nitrogens with zero attached hydrogens (tertiary/aromatic N) is 2. The molecule has 2 fully saturated rings. The molecule has 1 aliphatic heterocycles. The van der Waals surface area contributed by atoms with E-state index in [1.807, 2.05) is 17.0 Å². The number of halogens is 3. The average Bonchev–Trinajstić information content (AvgIpc) is 2.78. The molecule has 0 atom stereocenters. The summed E-state index contributed by atoms with van der Waals surface area (Å²) in [4.78, 5) is 1.96. The lowest BCUT2D eigenvalue weighted by molar-refractivity contribution is -0.137. The molecule has 1 saturated heterocycles. The van der Waals surface area contributed by atoms with E-state index in [2.05, 4.69) is 12.1 Å². The number of hydrogen-bond acceptors (Lipinski definition) is 4. The van der Waals surface area contributed by atoms with E-state index in [-0.39, 0.29) is 12.2 Å². The van der Waals surface area contributed by atoms with Crippen LogP contribution in [0, 0.1) is 23.2 Å². The highest BCUT2D eigenvalue weighted by Crippen LogP contribution is 2.37. The fourth-order valence-corrected chi connectivity index (χ4v) is 4.74. The van der Waals surface area contributed by atoms with Crippen LogP contribution in [-0.2, 0) is 6.18 Å². The van der Waals surface area contributed by atoms with Crippen LogP contribution in [0.1, 0.15) is 48.3 Å². The molecule has 4 rings (SSSR count). The molecule has 0 unspecified atom stereocenters. The molecular formula is C25H27F3N2O2. The van der Waals surface area contributed by atoms with Gasteiger partial charge < -0.3 is 14.7 Å². The van der Waals surface area contributed by atoms with Crippen molar-refractivity contribution in [2.24, 2.45) is 11.8 Å². The molecule has 32 heavy (non-hydrogen) atoms. The molecule has 0 bridgehead atoms. The summed E-state index contributed by atoms with van der Waals surface area (Å²) in [5, 5.41) is 18.1. The quantitative estimate of drug-likeness (QED) is 0.652. The first kappa shape index (κ1) is 22.5. The minimum absolute atomic E-state index is 0.263. The molecule has 2 aromatic carbocycles. The minimum Gasteiger partial charge on any atom is -0.493 e. The van der Waals surface area contributed by atoms with Gasteiger partial charge >= 0.3 is 6.18 Å². The summed E-state index contributed by atoms with van der Waals surface area (Å²) < 4.78 is 45.7. The molecule has 1 heterocycles. The zero-order chi connectivity index (χ0) is 22.7. The summed E-state index contributed by atoms with van der Waals surface area (Å²) in [6.45, 7) is 2.27. The topological polar surface area (TPSA) is 56.5 Å². The first-order valence-corrected chi connectivity index (χ1v) is 11.1. The summed E-state index contributed by atoms with van der Waals surface area (Å²) in [5.74, 6) is 2.16. The van der Waals surface area contributed by atoms with Gasteiger partial charge in [-0.3, -0.25) is 0 Å². The van der Waals surface area contributed by atoms with Crippen LogP contribution < -0.4 is 9.64 Å². The van der Waals surface area contributed by atoms with E-state index in [4.69, 9.17) is 15.1 Å². The van der Waals surface area contributed by atoms with Gasteiger partial charge in [0.05, 0.1) is 23.8 Å². The van der Waals surface area contributed by atoms with Gasteiger partial charge in [-0.1, -0.05) is 12.1 Å². The molecule has 1 N–H and O–H groups in total. The van der Waals surface area contributed by atoms with Gasteiger partial charge in [0, 0.05) is 25.4 Å². The number of nitriles is 1. The van der Waals surface area contributed by atoms with E-state index < -0.39 is 11.7 Å². The van der Waals surface area contributed by atoms with Crippen molar-refractivity contribution in [3.05, 3.63) is 59.2 Å². The molecule has 7 heteroatoms. The second-order valence-electron chi connectivity index (χ2n) is 8.87. The number of rotatable bonds is 6. The molecule has 4 nitrogen and oxygen atoms in total. The summed E-state index contributed by atoms with van der Waals surface area (Å²) in [5.41, 5.74) is 0.516. The number of aliphatic hydroxyl groups excluding tert-OH is 1. The number of aliphatic hydroxyl groups is 1. The van der Waals surface area contributed by atoms with Crippen molar-refractivity contribution >= 4 is 5.69 Å². The lowest BCUT2D eigenvalue weighted by Crippen LogP contribution is -2.33. The second-order valence-corrected chi connectivity index (χ2v) is 8.87. The third-order valence-electron chi connectivity index (χ3n) is 6.72. The largest absolute Gasteiger partial charge is 0.493 e. The number of alkyl halides is 3. The van der Waals surface area contributed by atoms with Gasteiger partial charge in [-0.2, -0.15) is 18.4 Å². The lowest BCUT2D eigenvalue weighted by Gasteiger charge is -2.34. The maximum absolute atomic E-state index is 13.3. The van der Waals surface area contributed by atoms with Gasteiger partial charge in [-0.15, -0.1) is 0 Å². The van der Waals surface area contributed by atoms with Crippen LogP contribution in [0.4, 0.5) is 18.9 Å². The van der Waals surface area contributed by atoms with Crippen molar-refractivity contribution in [2.75, 3.05) is 31.2 Å². The van der Waals surface area contributed by atoms with E-state index in [1.165, 1.54) is 11.6 Å². The van der Waals surface area contributed by atoms with Crippen molar-refractivity contribution in [3.63, 3.8) is 0 Å². The van der Waals surface area contributed by atoms with Crippen molar-refractivity contribution in [3.8, 4) is 11.8 Å². The maximum atomic E-state index is 13.3. The SMILES string of the molecule is N#Cc1ccc(N2CCC(c3ccc(OCC4CC(CO)C4)cc3)CC2)cc1C(F)(F)F. The smallest absolute Gasteiger partial charge is 0.417 e. The zero-order valence-electron chi connectivity index (χ0n) is 17.8. The Kier molecular flexibility index (Phi) is 6.61. The number of anilines is 1. The highest BCUT2D eigenvalue weighted by molar-refractivity contribution is 5.55. The monoisotopic (exact) mass is 444 g/mol. The summed E-state index contributed by atoms with van der Waals surface area (Å²) >= 11 is 0. The standard InChI is InChI=1S/C25H27F3N2O2/c26-25(27,28)24-13-22(4-1-21(24)14-29)30-9-7-20(8-10-30)19-2-5-23(6-3-19)32-16-18-11-17(12-18)15-31/h1-6,13,17-18,20,31H,7-12,15-16H2. The molecule has 0 amide bonds. The van der Waals surface area contributed by atoms with Gasteiger partial charge in [0.15, 0.2) is 0 Å². The van der Waals surface area contributed by atoms with E-state index >= 15 is 0 Å². The van der Waals surface area contributed by atoms with E-state index in [9.17, 15) is 13.2 Å². The fraction of sp³-hybridized carbons (Fsp3) is 0.480. The van der Waals surface area contributed by atoms with Crippen molar-refractivity contribution < 1.29 is 23.0 Å². The summed E-state index contributed by atoms with van der Waals surface area (Å²) in [7, 11) is 0. The maximum Gasteiger partial charge on any atom is 0.417 e. The Balaban J connectivity index is 1.31. The zero-order valence-corrected chi connectivity index (χ0v) is 17.8. The molecule has 2 aromatic rings. The lowest BCUT2D eigenvalue weighted by atomic mass is 9.76. The Morgan fingerprint density at radius 3 is 2.31 bits per heavy atom. The summed E-state index contributed by atoms with van der Waals surface area (Å²) in [6.07, 6.45) is -0.783. The Morgan fingerprint density at radius 1 is 1.03 bits per heavy atom. The second kappa shape index (κ2) is 9.41. The first-order valence-electron chi connectivity index (χ1n) is 11.1. The predicted octanol–water partition coefficient (Wildman–Crippen LogP) is 5.36. The Bertz CT molecular complexity index is 955. The van der Waals surface area contributed by atoms with Crippen LogP contribution in [0.15, 0.2) is 42.5 Å². The summed E-state index contributed by atoms with van der Waals surface area (Å²) in [6, 6.07) is 13.7. The van der Waals surface area contributed by atoms with Crippen molar-refractivity contribution in [1.29, 1.82) is 5.26 Å². The van der Waals surface area contributed by atoms with Crippen molar-refractivity contribution in [2.45, 2.75) is 37.8 Å². The normalized spacial score (nSPS) is 21.7. The van der Waals surface area contributed by atoms with E-state index in [1.54, 1.807) is 12.1 Å². The Labute approximate surface area is 186 Å². The minimum atomic E-state index is -4.54. The number of piperidine rings is 1. The van der Waals surface area contributed by atoms with Gasteiger partial charge in [0.1, 0.15) is 5.75 Å². The number of hydrogen-bond donors (Lipinski definition) is 1. The van der Waals surface area contributed by atoms with Gasteiger partial charge in [0.25, 0.3) is 0 Å². The molecule has 1 saturated carbocycles. The van der Waals surface area contributed by atoms with Crippen LogP contribution in [-0.4, -0.2) is 31.4 Å². The van der Waals surface area contributed by atoms with Crippen molar-refractivity contribution in [1.82, 2.24) is 0 Å². The van der Waals surface area contributed by atoms with Gasteiger partial charge in [-0.05, 0) is 79.3 Å². The Morgan fingerprint density at radius 2 is 1.72 bits per heavy atom. The molecule has 1 aliphatic carbocycles. The van der Waals surface area contributed by atoms with Crippen LogP contribution in [0.5, 0.6) is 5.75 Å². The molecule has 170 valence electrons. The predicted molar refractivity (Wildman–Crippen MR) is 116 cm³/mol. The van der Waals surface area contributed by atoms with Gasteiger partial charge in [0.2, 0.25) is 0 Å². The number of ether oxygens (including phenoxy) is 1. The highest BCUT2D eigenvalue weighted by Gasteiger charge is 2.34. The Hall–Kier alpha value is -2.72.